The number of benzene rings is 1. The lowest BCUT2D eigenvalue weighted by molar-refractivity contribution is -0.155. The van der Waals surface area contributed by atoms with Crippen LogP contribution >= 0.6 is 0 Å². The third-order valence-electron chi connectivity index (χ3n) is 5.36. The van der Waals surface area contributed by atoms with Crippen LogP contribution in [0.15, 0.2) is 60.8 Å². The molecule has 0 radical (unpaired) electrons. The Morgan fingerprint density at radius 1 is 1.13 bits per heavy atom. The number of hydrogen-bond acceptors (Lipinski definition) is 4. The van der Waals surface area contributed by atoms with E-state index >= 15 is 0 Å². The van der Waals surface area contributed by atoms with Crippen LogP contribution in [0.2, 0.25) is 0 Å². The molecule has 1 amide bonds. The molecule has 154 valence electrons. The Bertz CT molecular complexity index is 1070. The van der Waals surface area contributed by atoms with Crippen molar-refractivity contribution in [3.8, 4) is 11.3 Å². The highest BCUT2D eigenvalue weighted by Crippen LogP contribution is 2.27. The van der Waals surface area contributed by atoms with E-state index in [-0.39, 0.29) is 11.9 Å². The van der Waals surface area contributed by atoms with Gasteiger partial charge in [-0.25, -0.2) is 9.31 Å². The number of fused-ring (bicyclic) bond motifs is 1. The fourth-order valence-electron chi connectivity index (χ4n) is 3.92. The summed E-state index contributed by atoms with van der Waals surface area (Å²) in [6, 6.07) is 15.2. The largest absolute Gasteiger partial charge is 0.464 e. The Kier molecular flexibility index (Phi) is 5.93. The molecule has 1 aliphatic heterocycles. The lowest BCUT2D eigenvalue weighted by Crippen LogP contribution is -2.48. The number of aromatic nitrogens is 2. The molecule has 1 saturated heterocycles. The number of carbonyl (C=O) groups excluding carboxylic acids is 2. The minimum Gasteiger partial charge on any atom is -0.464 e. The third-order valence-corrected chi connectivity index (χ3v) is 5.36. The summed E-state index contributed by atoms with van der Waals surface area (Å²) >= 11 is 0. The zero-order valence-electron chi connectivity index (χ0n) is 17.0. The minimum absolute atomic E-state index is 0.179. The molecule has 3 aromatic rings. The van der Waals surface area contributed by atoms with Crippen LogP contribution in [0.1, 0.15) is 31.7 Å². The first kappa shape index (κ1) is 19.9. The van der Waals surface area contributed by atoms with Gasteiger partial charge in [-0.15, -0.1) is 0 Å². The predicted molar refractivity (Wildman–Crippen MR) is 116 cm³/mol. The summed E-state index contributed by atoms with van der Waals surface area (Å²) in [5, 5.41) is 4.71. The molecule has 2 aromatic heterocycles. The van der Waals surface area contributed by atoms with Gasteiger partial charge in [0.2, 0.25) is 5.91 Å². The van der Waals surface area contributed by atoms with E-state index in [1.165, 1.54) is 0 Å². The van der Waals surface area contributed by atoms with Gasteiger partial charge >= 0.3 is 5.97 Å². The highest BCUT2D eigenvalue weighted by molar-refractivity contribution is 5.97. The first-order valence-electron chi connectivity index (χ1n) is 10.4. The monoisotopic (exact) mass is 403 g/mol. The summed E-state index contributed by atoms with van der Waals surface area (Å²) in [6.45, 7) is 2.66. The van der Waals surface area contributed by atoms with Crippen LogP contribution in [0.25, 0.3) is 22.9 Å². The normalized spacial score (nSPS) is 16.8. The molecule has 4 rings (SSSR count). The Hall–Kier alpha value is -3.41. The Morgan fingerprint density at radius 3 is 2.73 bits per heavy atom. The Morgan fingerprint density at radius 2 is 1.93 bits per heavy atom. The van der Waals surface area contributed by atoms with Gasteiger partial charge in [0, 0.05) is 29.9 Å². The van der Waals surface area contributed by atoms with Crippen molar-refractivity contribution < 1.29 is 14.3 Å². The quantitative estimate of drug-likeness (QED) is 0.478. The molecule has 0 bridgehead atoms. The molecule has 1 unspecified atom stereocenters. The number of ether oxygens (including phenoxy) is 1. The van der Waals surface area contributed by atoms with Crippen LogP contribution in [0.3, 0.4) is 0 Å². The molecule has 0 spiro atoms. The number of rotatable bonds is 5. The Labute approximate surface area is 175 Å². The van der Waals surface area contributed by atoms with Crippen molar-refractivity contribution in [2.45, 2.75) is 32.2 Å². The van der Waals surface area contributed by atoms with E-state index < -0.39 is 6.04 Å². The van der Waals surface area contributed by atoms with Crippen molar-refractivity contribution in [1.29, 1.82) is 0 Å². The standard InChI is InChI=1S/C24H25N3O3/c1-2-30-24(29)21-13-6-8-16-26(21)22(28)15-14-19-20-12-7-9-17-27(20)25-23(19)18-10-4-3-5-11-18/h3-5,7,9-12,14-15,17,21H,2,6,8,13,16H2,1H3. The summed E-state index contributed by atoms with van der Waals surface area (Å²) < 4.78 is 6.99. The van der Waals surface area contributed by atoms with Crippen molar-refractivity contribution in [2.75, 3.05) is 13.2 Å². The molecule has 1 aliphatic rings. The second-order valence-electron chi connectivity index (χ2n) is 7.29. The van der Waals surface area contributed by atoms with Crippen LogP contribution in [0.4, 0.5) is 0 Å². The second kappa shape index (κ2) is 8.95. The van der Waals surface area contributed by atoms with Gasteiger partial charge in [-0.05, 0) is 44.4 Å². The summed E-state index contributed by atoms with van der Waals surface area (Å²) in [5.74, 6) is -0.498. The molecule has 0 N–H and O–H groups in total. The summed E-state index contributed by atoms with van der Waals surface area (Å²) in [4.78, 5) is 26.9. The topological polar surface area (TPSA) is 63.9 Å². The van der Waals surface area contributed by atoms with Crippen molar-refractivity contribution in [1.82, 2.24) is 14.5 Å². The minimum atomic E-state index is -0.506. The number of carbonyl (C=O) groups is 2. The number of likely N-dealkylation sites (tertiary alicyclic amines) is 1. The maximum absolute atomic E-state index is 13.0. The molecule has 6 heteroatoms. The van der Waals surface area contributed by atoms with Crippen LogP contribution in [-0.2, 0) is 14.3 Å². The van der Waals surface area contributed by atoms with Gasteiger partial charge in [0.25, 0.3) is 0 Å². The van der Waals surface area contributed by atoms with Crippen LogP contribution in [0, 0.1) is 0 Å². The van der Waals surface area contributed by atoms with Crippen LogP contribution in [-0.4, -0.2) is 45.6 Å². The van der Waals surface area contributed by atoms with Crippen molar-refractivity contribution in [3.63, 3.8) is 0 Å². The van der Waals surface area contributed by atoms with E-state index in [2.05, 4.69) is 0 Å². The smallest absolute Gasteiger partial charge is 0.328 e. The number of piperidine rings is 1. The van der Waals surface area contributed by atoms with Crippen molar-refractivity contribution >= 4 is 23.5 Å². The molecule has 6 nitrogen and oxygen atoms in total. The molecule has 1 atom stereocenters. The number of nitrogens with zero attached hydrogens (tertiary/aromatic N) is 3. The highest BCUT2D eigenvalue weighted by Gasteiger charge is 2.32. The van der Waals surface area contributed by atoms with Crippen LogP contribution in [0.5, 0.6) is 0 Å². The van der Waals surface area contributed by atoms with Crippen molar-refractivity contribution in [2.24, 2.45) is 0 Å². The molecule has 1 aromatic carbocycles. The number of esters is 1. The average Bonchev–Trinajstić information content (AvgIpc) is 3.17. The zero-order chi connectivity index (χ0) is 20.9. The molecule has 0 aliphatic carbocycles. The summed E-state index contributed by atoms with van der Waals surface area (Å²) in [5.41, 5.74) is 3.59. The first-order chi connectivity index (χ1) is 14.7. The zero-order valence-corrected chi connectivity index (χ0v) is 17.0. The number of pyridine rings is 1. The van der Waals surface area contributed by atoms with E-state index in [1.54, 1.807) is 17.9 Å². The summed E-state index contributed by atoms with van der Waals surface area (Å²) in [7, 11) is 0. The van der Waals surface area contributed by atoms with Gasteiger partial charge in [-0.1, -0.05) is 36.4 Å². The number of hydrogen-bond donors (Lipinski definition) is 0. The second-order valence-corrected chi connectivity index (χ2v) is 7.29. The molecule has 0 saturated carbocycles. The SMILES string of the molecule is CCOC(=O)C1CCCCN1C(=O)C=Cc1c(-c2ccccc2)nn2ccccc12. The molecule has 1 fully saturated rings. The van der Waals surface area contributed by atoms with Gasteiger partial charge in [0.1, 0.15) is 11.7 Å². The average molecular weight is 403 g/mol. The van der Waals surface area contributed by atoms with Gasteiger partial charge in [0.05, 0.1) is 12.1 Å². The molecule has 30 heavy (non-hydrogen) atoms. The predicted octanol–water partition coefficient (Wildman–Crippen LogP) is 3.96. The van der Waals surface area contributed by atoms with E-state index in [1.807, 2.05) is 65.3 Å². The summed E-state index contributed by atoms with van der Waals surface area (Å²) in [6.07, 6.45) is 7.70. The molecular formula is C24H25N3O3. The maximum atomic E-state index is 13.0. The highest BCUT2D eigenvalue weighted by atomic mass is 16.5. The maximum Gasteiger partial charge on any atom is 0.328 e. The van der Waals surface area contributed by atoms with Gasteiger partial charge in [-0.3, -0.25) is 4.79 Å². The van der Waals surface area contributed by atoms with E-state index in [0.717, 1.165) is 35.2 Å². The Balaban J connectivity index is 1.66. The fraction of sp³-hybridized carbons (Fsp3) is 0.292. The lowest BCUT2D eigenvalue weighted by Gasteiger charge is -2.33. The fourth-order valence-corrected chi connectivity index (χ4v) is 3.92. The van der Waals surface area contributed by atoms with E-state index in [9.17, 15) is 9.59 Å². The van der Waals surface area contributed by atoms with Crippen LogP contribution < -0.4 is 0 Å². The number of amides is 1. The lowest BCUT2D eigenvalue weighted by atomic mass is 10.0. The first-order valence-corrected chi connectivity index (χ1v) is 10.4. The van der Waals surface area contributed by atoms with Crippen molar-refractivity contribution in [3.05, 3.63) is 66.4 Å². The van der Waals surface area contributed by atoms with Gasteiger partial charge < -0.3 is 9.64 Å². The van der Waals surface area contributed by atoms with E-state index in [4.69, 9.17) is 9.84 Å². The molecule has 3 heterocycles. The van der Waals surface area contributed by atoms with Gasteiger partial charge in [0.15, 0.2) is 0 Å². The molecular weight excluding hydrogens is 378 g/mol. The van der Waals surface area contributed by atoms with Gasteiger partial charge in [-0.2, -0.15) is 5.10 Å². The van der Waals surface area contributed by atoms with E-state index in [0.29, 0.717) is 19.6 Å². The third kappa shape index (κ3) is 3.99.